The maximum absolute atomic E-state index is 5.17. The van der Waals surface area contributed by atoms with Crippen LogP contribution in [0.1, 0.15) is 5.56 Å². The third-order valence-corrected chi connectivity index (χ3v) is 1.49. The maximum Gasteiger partial charge on any atom is 0.186 e. The summed E-state index contributed by atoms with van der Waals surface area (Å²) in [6, 6.07) is 9.99. The molecule has 0 fully saturated rings. The highest BCUT2D eigenvalue weighted by Crippen LogP contribution is 2.00. The van der Waals surface area contributed by atoms with Gasteiger partial charge in [-0.1, -0.05) is 42.5 Å². The van der Waals surface area contributed by atoms with E-state index in [-0.39, 0.29) is 18.4 Å². The van der Waals surface area contributed by atoms with Gasteiger partial charge < -0.3 is 11.5 Å². The monoisotopic (exact) mass is 211 g/mol. The molecule has 4 heteroatoms. The Morgan fingerprint density at radius 2 is 1.86 bits per heavy atom. The van der Waals surface area contributed by atoms with E-state index in [2.05, 4.69) is 4.99 Å². The molecule has 0 saturated heterocycles. The molecule has 1 aromatic rings. The van der Waals surface area contributed by atoms with Crippen molar-refractivity contribution in [1.29, 1.82) is 0 Å². The fourth-order valence-electron chi connectivity index (χ4n) is 0.911. The summed E-state index contributed by atoms with van der Waals surface area (Å²) in [6.07, 6.45) is 3.89. The van der Waals surface area contributed by atoms with Crippen molar-refractivity contribution in [2.75, 3.05) is 6.54 Å². The molecule has 3 nitrogen and oxygen atoms in total. The zero-order valence-electron chi connectivity index (χ0n) is 7.76. The Labute approximate surface area is 89.9 Å². The lowest BCUT2D eigenvalue weighted by atomic mass is 10.2. The quantitative estimate of drug-likeness (QED) is 0.586. The molecule has 0 aliphatic rings. The van der Waals surface area contributed by atoms with Gasteiger partial charge in [0.2, 0.25) is 0 Å². The predicted molar refractivity (Wildman–Crippen MR) is 63.4 cm³/mol. The summed E-state index contributed by atoms with van der Waals surface area (Å²) in [4.78, 5) is 3.83. The summed E-state index contributed by atoms with van der Waals surface area (Å²) in [5.74, 6) is 0.123. The van der Waals surface area contributed by atoms with Gasteiger partial charge in [-0.05, 0) is 5.56 Å². The zero-order chi connectivity index (χ0) is 9.52. The lowest BCUT2D eigenvalue weighted by Gasteiger charge is -1.90. The Morgan fingerprint density at radius 3 is 2.43 bits per heavy atom. The molecule has 0 aliphatic carbocycles. The number of hydrogen-bond acceptors (Lipinski definition) is 1. The summed E-state index contributed by atoms with van der Waals surface area (Å²) in [5.41, 5.74) is 11.5. The van der Waals surface area contributed by atoms with Crippen molar-refractivity contribution in [1.82, 2.24) is 0 Å². The number of rotatable bonds is 3. The van der Waals surface area contributed by atoms with Gasteiger partial charge in [-0.15, -0.1) is 12.4 Å². The highest BCUT2D eigenvalue weighted by atomic mass is 35.5. The number of hydrogen-bond donors (Lipinski definition) is 2. The number of benzene rings is 1. The predicted octanol–water partition coefficient (Wildman–Crippen LogP) is 1.40. The highest BCUT2D eigenvalue weighted by molar-refractivity contribution is 5.85. The second kappa shape index (κ2) is 6.97. The average molecular weight is 212 g/mol. The first-order valence-electron chi connectivity index (χ1n) is 4.06. The molecule has 0 bridgehead atoms. The van der Waals surface area contributed by atoms with Crippen molar-refractivity contribution in [3.05, 3.63) is 42.0 Å². The molecular formula is C10H14ClN3. The van der Waals surface area contributed by atoms with Gasteiger partial charge >= 0.3 is 0 Å². The first-order valence-corrected chi connectivity index (χ1v) is 4.06. The standard InChI is InChI=1S/C10H13N3.ClH/c11-10(12)13-8-4-7-9-5-2-1-3-6-9;/h1-7H,8H2,(H4,11,12,13);1H. The third kappa shape index (κ3) is 5.22. The SMILES string of the molecule is Cl.NC(N)=NCC=Cc1ccccc1. The molecule has 1 aromatic carbocycles. The lowest BCUT2D eigenvalue weighted by molar-refractivity contribution is 1.22. The summed E-state index contributed by atoms with van der Waals surface area (Å²) in [7, 11) is 0. The number of nitrogens with zero attached hydrogens (tertiary/aromatic N) is 1. The van der Waals surface area contributed by atoms with E-state index in [0.717, 1.165) is 5.56 Å². The Balaban J connectivity index is 0.00000169. The van der Waals surface area contributed by atoms with Crippen LogP contribution in [0.2, 0.25) is 0 Å². The van der Waals surface area contributed by atoms with E-state index in [4.69, 9.17) is 11.5 Å². The summed E-state index contributed by atoms with van der Waals surface area (Å²) >= 11 is 0. The van der Waals surface area contributed by atoms with E-state index in [0.29, 0.717) is 6.54 Å². The molecule has 0 heterocycles. The van der Waals surface area contributed by atoms with Gasteiger partial charge in [-0.25, -0.2) is 4.99 Å². The smallest absolute Gasteiger partial charge is 0.186 e. The Kier molecular flexibility index (Phi) is 6.24. The lowest BCUT2D eigenvalue weighted by Crippen LogP contribution is -2.22. The molecule has 0 radical (unpaired) electrons. The van der Waals surface area contributed by atoms with Crippen molar-refractivity contribution in [2.24, 2.45) is 16.5 Å². The van der Waals surface area contributed by atoms with Gasteiger partial charge in [0.1, 0.15) is 0 Å². The van der Waals surface area contributed by atoms with E-state index in [9.17, 15) is 0 Å². The maximum atomic E-state index is 5.17. The van der Waals surface area contributed by atoms with E-state index < -0.39 is 0 Å². The van der Waals surface area contributed by atoms with E-state index >= 15 is 0 Å². The molecular weight excluding hydrogens is 198 g/mol. The molecule has 0 amide bonds. The van der Waals surface area contributed by atoms with Crippen LogP contribution in [0.5, 0.6) is 0 Å². The average Bonchev–Trinajstić information content (AvgIpc) is 2.14. The van der Waals surface area contributed by atoms with Gasteiger partial charge in [-0.3, -0.25) is 0 Å². The normalized spacial score (nSPS) is 9.43. The largest absolute Gasteiger partial charge is 0.370 e. The van der Waals surface area contributed by atoms with Gasteiger partial charge in [0.05, 0.1) is 6.54 Å². The van der Waals surface area contributed by atoms with Crippen molar-refractivity contribution < 1.29 is 0 Å². The van der Waals surface area contributed by atoms with Crippen LogP contribution in [-0.2, 0) is 0 Å². The van der Waals surface area contributed by atoms with Crippen LogP contribution < -0.4 is 11.5 Å². The van der Waals surface area contributed by atoms with Gasteiger partial charge in [0, 0.05) is 0 Å². The summed E-state index contributed by atoms with van der Waals surface area (Å²) < 4.78 is 0. The summed E-state index contributed by atoms with van der Waals surface area (Å²) in [5, 5.41) is 0. The molecule has 1 rings (SSSR count). The van der Waals surface area contributed by atoms with Crippen LogP contribution in [0.3, 0.4) is 0 Å². The molecule has 0 aromatic heterocycles. The molecule has 4 N–H and O–H groups in total. The first-order chi connectivity index (χ1) is 6.29. The van der Waals surface area contributed by atoms with Crippen LogP contribution in [-0.4, -0.2) is 12.5 Å². The van der Waals surface area contributed by atoms with Crippen molar-refractivity contribution in [2.45, 2.75) is 0 Å². The molecule has 0 spiro atoms. The number of halogens is 1. The van der Waals surface area contributed by atoms with Gasteiger partial charge in [0.15, 0.2) is 5.96 Å². The molecule has 14 heavy (non-hydrogen) atoms. The minimum absolute atomic E-state index is 0. The molecule has 0 unspecified atom stereocenters. The minimum Gasteiger partial charge on any atom is -0.370 e. The second-order valence-electron chi connectivity index (χ2n) is 2.58. The molecule has 76 valence electrons. The third-order valence-electron chi connectivity index (χ3n) is 1.49. The number of nitrogens with two attached hydrogens (primary N) is 2. The topological polar surface area (TPSA) is 64.4 Å². The second-order valence-corrected chi connectivity index (χ2v) is 2.58. The van der Waals surface area contributed by atoms with Crippen molar-refractivity contribution >= 4 is 24.4 Å². The van der Waals surface area contributed by atoms with E-state index in [1.54, 1.807) is 0 Å². The number of aliphatic imine (C=N–C) groups is 1. The Morgan fingerprint density at radius 1 is 1.21 bits per heavy atom. The molecule has 0 saturated carbocycles. The highest BCUT2D eigenvalue weighted by Gasteiger charge is 1.81. The Bertz CT molecular complexity index is 302. The zero-order valence-corrected chi connectivity index (χ0v) is 8.58. The van der Waals surface area contributed by atoms with Crippen LogP contribution in [0.4, 0.5) is 0 Å². The van der Waals surface area contributed by atoms with Crippen LogP contribution >= 0.6 is 12.4 Å². The van der Waals surface area contributed by atoms with E-state index in [1.807, 2.05) is 42.5 Å². The van der Waals surface area contributed by atoms with Crippen molar-refractivity contribution in [3.63, 3.8) is 0 Å². The fraction of sp³-hybridized carbons (Fsp3) is 0.100. The Hall–Kier alpha value is -1.48. The fourth-order valence-corrected chi connectivity index (χ4v) is 0.911. The summed E-state index contributed by atoms with van der Waals surface area (Å²) in [6.45, 7) is 0.525. The first kappa shape index (κ1) is 12.5. The minimum atomic E-state index is 0. The van der Waals surface area contributed by atoms with Crippen LogP contribution in [0.25, 0.3) is 6.08 Å². The molecule has 0 aliphatic heterocycles. The van der Waals surface area contributed by atoms with Gasteiger partial charge in [0.25, 0.3) is 0 Å². The van der Waals surface area contributed by atoms with Crippen LogP contribution in [0.15, 0.2) is 41.4 Å². The van der Waals surface area contributed by atoms with Crippen molar-refractivity contribution in [3.8, 4) is 0 Å². The van der Waals surface area contributed by atoms with Gasteiger partial charge in [-0.2, -0.15) is 0 Å². The van der Waals surface area contributed by atoms with Crippen LogP contribution in [0, 0.1) is 0 Å². The molecule has 0 atom stereocenters. The number of guanidine groups is 1. The van der Waals surface area contributed by atoms with E-state index in [1.165, 1.54) is 0 Å².